The van der Waals surface area contributed by atoms with Crippen LogP contribution in [0, 0.1) is 5.92 Å². The molecule has 1 fully saturated rings. The quantitative estimate of drug-likeness (QED) is 0.736. The predicted octanol–water partition coefficient (Wildman–Crippen LogP) is 4.55. The maximum Gasteiger partial charge on any atom is 0.263 e. The molecule has 1 unspecified atom stereocenters. The molecule has 3 rings (SSSR count). The number of nitrogens with zero attached hydrogens (tertiary/aromatic N) is 1. The first-order valence-corrected chi connectivity index (χ1v) is 9.87. The summed E-state index contributed by atoms with van der Waals surface area (Å²) in [7, 11) is 1.63. The van der Waals surface area contributed by atoms with Crippen molar-refractivity contribution in [2.24, 2.45) is 5.92 Å². The molecule has 0 aliphatic heterocycles. The van der Waals surface area contributed by atoms with E-state index in [4.69, 9.17) is 9.47 Å². The van der Waals surface area contributed by atoms with Gasteiger partial charge in [-0.1, -0.05) is 19.9 Å². The van der Waals surface area contributed by atoms with E-state index in [1.54, 1.807) is 13.3 Å². The van der Waals surface area contributed by atoms with Gasteiger partial charge < -0.3 is 14.8 Å². The van der Waals surface area contributed by atoms with Crippen LogP contribution in [0.15, 0.2) is 24.4 Å². The average Bonchev–Trinajstić information content (AvgIpc) is 3.36. The van der Waals surface area contributed by atoms with Crippen molar-refractivity contribution >= 4 is 17.2 Å². The Morgan fingerprint density at radius 3 is 2.73 bits per heavy atom. The lowest BCUT2D eigenvalue weighted by Crippen LogP contribution is -2.25. The standard InChI is InChI=1S/C20H26N2O3S/c1-12(2)11-25-16-8-7-15(9-17(16)24-4)13(3)22-19(23)18-10-21-20(26-18)14-5-6-14/h7-10,12-14H,5-6,11H2,1-4H3,(H,22,23). The number of amides is 1. The fourth-order valence-electron chi connectivity index (χ4n) is 2.59. The molecule has 1 atom stereocenters. The number of methoxy groups -OCH3 is 1. The summed E-state index contributed by atoms with van der Waals surface area (Å²) in [5.41, 5.74) is 0.971. The van der Waals surface area contributed by atoms with E-state index in [0.717, 1.165) is 16.3 Å². The first-order valence-electron chi connectivity index (χ1n) is 9.05. The monoisotopic (exact) mass is 374 g/mol. The lowest BCUT2D eigenvalue weighted by molar-refractivity contribution is 0.0943. The maximum atomic E-state index is 12.5. The smallest absolute Gasteiger partial charge is 0.263 e. The summed E-state index contributed by atoms with van der Waals surface area (Å²) in [6.07, 6.45) is 4.07. The van der Waals surface area contributed by atoms with Gasteiger partial charge in [0.05, 0.1) is 31.0 Å². The molecular weight excluding hydrogens is 348 g/mol. The summed E-state index contributed by atoms with van der Waals surface area (Å²) in [4.78, 5) is 17.5. The largest absolute Gasteiger partial charge is 0.493 e. The number of ether oxygens (including phenoxy) is 2. The Bertz CT molecular complexity index is 768. The lowest BCUT2D eigenvalue weighted by atomic mass is 10.1. The Morgan fingerprint density at radius 1 is 1.31 bits per heavy atom. The molecule has 1 N–H and O–H groups in total. The molecule has 140 valence electrons. The fourth-order valence-corrected chi connectivity index (χ4v) is 3.58. The number of nitrogens with one attached hydrogen (secondary N) is 1. The number of thiazole rings is 1. The molecule has 1 aliphatic carbocycles. The third-order valence-corrected chi connectivity index (χ3v) is 5.44. The van der Waals surface area contributed by atoms with Crippen LogP contribution in [0.25, 0.3) is 0 Å². The minimum atomic E-state index is -0.137. The van der Waals surface area contributed by atoms with E-state index >= 15 is 0 Å². The number of benzene rings is 1. The van der Waals surface area contributed by atoms with Crippen LogP contribution in [0.4, 0.5) is 0 Å². The summed E-state index contributed by atoms with van der Waals surface area (Å²) in [5, 5.41) is 4.12. The second-order valence-electron chi connectivity index (χ2n) is 7.15. The van der Waals surface area contributed by atoms with Gasteiger partial charge in [-0.05, 0) is 43.4 Å². The molecule has 0 saturated heterocycles. The highest BCUT2D eigenvalue weighted by molar-refractivity contribution is 7.13. The third-order valence-electron chi connectivity index (χ3n) is 4.28. The molecule has 5 nitrogen and oxygen atoms in total. The van der Waals surface area contributed by atoms with Crippen LogP contribution in [0.3, 0.4) is 0 Å². The van der Waals surface area contributed by atoms with Crippen LogP contribution in [0.5, 0.6) is 11.5 Å². The molecular formula is C20H26N2O3S. The van der Waals surface area contributed by atoms with Crippen molar-refractivity contribution in [3.63, 3.8) is 0 Å². The van der Waals surface area contributed by atoms with E-state index in [2.05, 4.69) is 24.1 Å². The number of rotatable bonds is 8. The lowest BCUT2D eigenvalue weighted by Gasteiger charge is -2.17. The van der Waals surface area contributed by atoms with Gasteiger partial charge in [-0.25, -0.2) is 4.98 Å². The van der Waals surface area contributed by atoms with Crippen LogP contribution in [-0.2, 0) is 0 Å². The second-order valence-corrected chi connectivity index (χ2v) is 8.21. The molecule has 1 aromatic carbocycles. The molecule has 1 aliphatic rings. The minimum Gasteiger partial charge on any atom is -0.493 e. The van der Waals surface area contributed by atoms with E-state index in [1.807, 2.05) is 25.1 Å². The molecule has 0 bridgehead atoms. The van der Waals surface area contributed by atoms with Crippen molar-refractivity contribution < 1.29 is 14.3 Å². The highest BCUT2D eigenvalue weighted by atomic mass is 32.1. The first-order chi connectivity index (χ1) is 12.5. The van der Waals surface area contributed by atoms with Gasteiger partial charge in [-0.3, -0.25) is 4.79 Å². The van der Waals surface area contributed by atoms with Gasteiger partial charge in [0, 0.05) is 5.92 Å². The molecule has 0 spiro atoms. The Labute approximate surface area is 158 Å². The van der Waals surface area contributed by atoms with Gasteiger partial charge in [0.2, 0.25) is 0 Å². The normalized spacial score (nSPS) is 15.0. The van der Waals surface area contributed by atoms with Crippen molar-refractivity contribution in [1.29, 1.82) is 0 Å². The zero-order valence-electron chi connectivity index (χ0n) is 15.7. The Balaban J connectivity index is 1.66. The summed E-state index contributed by atoms with van der Waals surface area (Å²) >= 11 is 1.50. The van der Waals surface area contributed by atoms with E-state index < -0.39 is 0 Å². The SMILES string of the molecule is COc1cc(C(C)NC(=O)c2cnc(C3CC3)s2)ccc1OCC(C)C. The van der Waals surface area contributed by atoms with Crippen LogP contribution in [-0.4, -0.2) is 24.6 Å². The molecule has 2 aromatic rings. The summed E-state index contributed by atoms with van der Waals surface area (Å²) in [6, 6.07) is 5.65. The van der Waals surface area contributed by atoms with E-state index in [0.29, 0.717) is 29.1 Å². The van der Waals surface area contributed by atoms with Crippen LogP contribution < -0.4 is 14.8 Å². The Kier molecular flexibility index (Phi) is 5.81. The topological polar surface area (TPSA) is 60.5 Å². The highest BCUT2D eigenvalue weighted by Crippen LogP contribution is 2.41. The van der Waals surface area contributed by atoms with Gasteiger partial charge in [0.15, 0.2) is 11.5 Å². The zero-order chi connectivity index (χ0) is 18.7. The Hall–Kier alpha value is -2.08. The van der Waals surface area contributed by atoms with Crippen molar-refractivity contribution in [3.05, 3.63) is 39.8 Å². The summed E-state index contributed by atoms with van der Waals surface area (Å²) in [6.45, 7) is 6.81. The van der Waals surface area contributed by atoms with Crippen LogP contribution >= 0.6 is 11.3 Å². The second kappa shape index (κ2) is 8.08. The number of hydrogen-bond acceptors (Lipinski definition) is 5. The van der Waals surface area contributed by atoms with Gasteiger partial charge in [0.25, 0.3) is 5.91 Å². The molecule has 1 heterocycles. The van der Waals surface area contributed by atoms with Crippen molar-refractivity contribution in [2.45, 2.75) is 45.6 Å². The van der Waals surface area contributed by atoms with Gasteiger partial charge in [0.1, 0.15) is 4.88 Å². The first kappa shape index (κ1) is 18.7. The minimum absolute atomic E-state index is 0.0824. The van der Waals surface area contributed by atoms with Gasteiger partial charge in [-0.2, -0.15) is 0 Å². The van der Waals surface area contributed by atoms with Gasteiger partial charge in [-0.15, -0.1) is 11.3 Å². The summed E-state index contributed by atoms with van der Waals surface area (Å²) in [5.74, 6) is 2.33. The molecule has 26 heavy (non-hydrogen) atoms. The van der Waals surface area contributed by atoms with Crippen molar-refractivity contribution in [2.75, 3.05) is 13.7 Å². The summed E-state index contributed by atoms with van der Waals surface area (Å²) < 4.78 is 11.2. The van der Waals surface area contributed by atoms with E-state index in [9.17, 15) is 4.79 Å². The highest BCUT2D eigenvalue weighted by Gasteiger charge is 2.27. The van der Waals surface area contributed by atoms with Crippen molar-refractivity contribution in [1.82, 2.24) is 10.3 Å². The number of hydrogen-bond donors (Lipinski definition) is 1. The zero-order valence-corrected chi connectivity index (χ0v) is 16.6. The molecule has 6 heteroatoms. The van der Waals surface area contributed by atoms with Gasteiger partial charge >= 0.3 is 0 Å². The van der Waals surface area contributed by atoms with Crippen LogP contribution in [0.1, 0.15) is 65.8 Å². The number of carbonyl (C=O) groups is 1. The predicted molar refractivity (Wildman–Crippen MR) is 103 cm³/mol. The number of carbonyl (C=O) groups excluding carboxylic acids is 1. The number of aromatic nitrogens is 1. The van der Waals surface area contributed by atoms with Crippen molar-refractivity contribution in [3.8, 4) is 11.5 Å². The molecule has 0 radical (unpaired) electrons. The van der Waals surface area contributed by atoms with Crippen LogP contribution in [0.2, 0.25) is 0 Å². The fraction of sp³-hybridized carbons (Fsp3) is 0.500. The molecule has 1 amide bonds. The molecule has 1 aromatic heterocycles. The Morgan fingerprint density at radius 2 is 2.08 bits per heavy atom. The maximum absolute atomic E-state index is 12.5. The van der Waals surface area contributed by atoms with E-state index in [1.165, 1.54) is 24.2 Å². The van der Waals surface area contributed by atoms with E-state index in [-0.39, 0.29) is 11.9 Å². The third kappa shape index (κ3) is 4.55. The molecule has 1 saturated carbocycles. The average molecular weight is 375 g/mol.